The van der Waals surface area contributed by atoms with Crippen LogP contribution in [0.15, 0.2) is 18.2 Å². The summed E-state index contributed by atoms with van der Waals surface area (Å²) in [5.74, 6) is 2.40. The fourth-order valence-electron chi connectivity index (χ4n) is 1.71. The summed E-state index contributed by atoms with van der Waals surface area (Å²) in [5, 5.41) is 3.43. The number of fused-ring (bicyclic) bond motifs is 1. The molecule has 0 radical (unpaired) electrons. The highest BCUT2D eigenvalue weighted by atomic mass is 16.5. The highest BCUT2D eigenvalue weighted by Crippen LogP contribution is 2.32. The monoisotopic (exact) mass is 235 g/mol. The number of anilines is 1. The zero-order valence-electron chi connectivity index (χ0n) is 10.7. The normalized spacial score (nSPS) is 16.1. The van der Waals surface area contributed by atoms with Gasteiger partial charge in [0.1, 0.15) is 0 Å². The third-order valence-corrected chi connectivity index (χ3v) is 3.10. The average Bonchev–Trinajstić information content (AvgIpc) is 2.60. The molecule has 1 atom stereocenters. The quantitative estimate of drug-likeness (QED) is 0.868. The first-order valence-electron chi connectivity index (χ1n) is 6.43. The van der Waals surface area contributed by atoms with E-state index in [0.29, 0.717) is 5.92 Å². The molecule has 1 aliphatic heterocycles. The SMILES string of the molecule is CCC(C)CNc1ccc2c(c1)OCCCO2. The van der Waals surface area contributed by atoms with E-state index in [1.165, 1.54) is 6.42 Å². The summed E-state index contributed by atoms with van der Waals surface area (Å²) >= 11 is 0. The lowest BCUT2D eigenvalue weighted by molar-refractivity contribution is 0.297. The Morgan fingerprint density at radius 3 is 2.76 bits per heavy atom. The van der Waals surface area contributed by atoms with E-state index in [4.69, 9.17) is 9.47 Å². The van der Waals surface area contributed by atoms with Gasteiger partial charge in [0, 0.05) is 24.7 Å². The van der Waals surface area contributed by atoms with Gasteiger partial charge in [-0.25, -0.2) is 0 Å². The lowest BCUT2D eigenvalue weighted by atomic mass is 10.1. The Morgan fingerprint density at radius 1 is 1.24 bits per heavy atom. The zero-order valence-corrected chi connectivity index (χ0v) is 10.7. The van der Waals surface area contributed by atoms with Crippen molar-refractivity contribution in [1.29, 1.82) is 0 Å². The van der Waals surface area contributed by atoms with Crippen molar-refractivity contribution in [3.8, 4) is 11.5 Å². The minimum atomic E-state index is 0.686. The second kappa shape index (κ2) is 5.80. The number of nitrogens with one attached hydrogen (secondary N) is 1. The molecule has 3 nitrogen and oxygen atoms in total. The number of hydrogen-bond acceptors (Lipinski definition) is 3. The third-order valence-electron chi connectivity index (χ3n) is 3.10. The van der Waals surface area contributed by atoms with Crippen LogP contribution in [0.1, 0.15) is 26.7 Å². The molecule has 0 saturated carbocycles. The highest BCUT2D eigenvalue weighted by Gasteiger charge is 2.10. The van der Waals surface area contributed by atoms with Gasteiger partial charge in [-0.1, -0.05) is 20.3 Å². The summed E-state index contributed by atoms with van der Waals surface area (Å²) in [7, 11) is 0. The van der Waals surface area contributed by atoms with E-state index < -0.39 is 0 Å². The smallest absolute Gasteiger partial charge is 0.163 e. The third kappa shape index (κ3) is 3.29. The molecule has 94 valence electrons. The van der Waals surface area contributed by atoms with E-state index in [0.717, 1.165) is 43.4 Å². The van der Waals surface area contributed by atoms with Crippen LogP contribution in [0.4, 0.5) is 5.69 Å². The second-order valence-electron chi connectivity index (χ2n) is 4.61. The van der Waals surface area contributed by atoms with Crippen LogP contribution in [0.25, 0.3) is 0 Å². The van der Waals surface area contributed by atoms with Gasteiger partial charge in [0.05, 0.1) is 13.2 Å². The van der Waals surface area contributed by atoms with Gasteiger partial charge < -0.3 is 14.8 Å². The first-order valence-corrected chi connectivity index (χ1v) is 6.43. The molecule has 0 bridgehead atoms. The van der Waals surface area contributed by atoms with E-state index in [9.17, 15) is 0 Å². The molecule has 2 rings (SSSR count). The molecule has 1 heterocycles. The summed E-state index contributed by atoms with van der Waals surface area (Å²) in [4.78, 5) is 0. The van der Waals surface area contributed by atoms with E-state index >= 15 is 0 Å². The van der Waals surface area contributed by atoms with E-state index in [1.807, 2.05) is 12.1 Å². The lowest BCUT2D eigenvalue weighted by Gasteiger charge is -2.13. The molecular formula is C14H21NO2. The first kappa shape index (κ1) is 12.1. The van der Waals surface area contributed by atoms with Gasteiger partial charge >= 0.3 is 0 Å². The fraction of sp³-hybridized carbons (Fsp3) is 0.571. The number of benzene rings is 1. The minimum Gasteiger partial charge on any atom is -0.490 e. The van der Waals surface area contributed by atoms with Gasteiger partial charge in [-0.3, -0.25) is 0 Å². The summed E-state index contributed by atoms with van der Waals surface area (Å²) in [6.07, 6.45) is 2.14. The maximum atomic E-state index is 5.66. The van der Waals surface area contributed by atoms with Crippen molar-refractivity contribution >= 4 is 5.69 Å². The molecule has 1 aromatic carbocycles. The zero-order chi connectivity index (χ0) is 12.1. The van der Waals surface area contributed by atoms with Crippen molar-refractivity contribution in [1.82, 2.24) is 0 Å². The molecule has 0 amide bonds. The summed E-state index contributed by atoms with van der Waals surface area (Å²) < 4.78 is 11.3. The molecule has 1 aliphatic rings. The van der Waals surface area contributed by atoms with Crippen molar-refractivity contribution in [2.24, 2.45) is 5.92 Å². The van der Waals surface area contributed by atoms with Gasteiger partial charge in [0.2, 0.25) is 0 Å². The lowest BCUT2D eigenvalue weighted by Crippen LogP contribution is -2.10. The van der Waals surface area contributed by atoms with Crippen molar-refractivity contribution < 1.29 is 9.47 Å². The van der Waals surface area contributed by atoms with Crippen LogP contribution in [0.3, 0.4) is 0 Å². The molecule has 0 saturated heterocycles. The van der Waals surface area contributed by atoms with E-state index in [1.54, 1.807) is 0 Å². The maximum Gasteiger partial charge on any atom is 0.163 e. The molecule has 0 aromatic heterocycles. The van der Waals surface area contributed by atoms with Crippen LogP contribution in [-0.2, 0) is 0 Å². The minimum absolute atomic E-state index is 0.686. The van der Waals surface area contributed by atoms with Gasteiger partial charge in [0.15, 0.2) is 11.5 Å². The van der Waals surface area contributed by atoms with E-state index in [2.05, 4.69) is 25.2 Å². The molecule has 0 aliphatic carbocycles. The Bertz CT molecular complexity index is 365. The van der Waals surface area contributed by atoms with Crippen LogP contribution in [0.5, 0.6) is 11.5 Å². The maximum absolute atomic E-state index is 5.66. The highest BCUT2D eigenvalue weighted by molar-refractivity contribution is 5.55. The van der Waals surface area contributed by atoms with Gasteiger partial charge in [-0.15, -0.1) is 0 Å². The average molecular weight is 235 g/mol. The molecule has 1 N–H and O–H groups in total. The molecule has 1 unspecified atom stereocenters. The molecular weight excluding hydrogens is 214 g/mol. The Labute approximate surface area is 103 Å². The van der Waals surface area contributed by atoms with Crippen LogP contribution in [-0.4, -0.2) is 19.8 Å². The summed E-state index contributed by atoms with van der Waals surface area (Å²) in [6.45, 7) is 6.93. The largest absolute Gasteiger partial charge is 0.490 e. The number of rotatable bonds is 4. The van der Waals surface area contributed by atoms with Crippen LogP contribution in [0, 0.1) is 5.92 Å². The molecule has 1 aromatic rings. The predicted molar refractivity (Wildman–Crippen MR) is 70.0 cm³/mol. The van der Waals surface area contributed by atoms with Gasteiger partial charge in [0.25, 0.3) is 0 Å². The molecule has 3 heteroatoms. The Kier molecular flexibility index (Phi) is 4.13. The van der Waals surface area contributed by atoms with Crippen molar-refractivity contribution in [3.05, 3.63) is 18.2 Å². The fourth-order valence-corrected chi connectivity index (χ4v) is 1.71. The molecule has 0 spiro atoms. The Hall–Kier alpha value is -1.38. The Morgan fingerprint density at radius 2 is 2.00 bits per heavy atom. The van der Waals surface area contributed by atoms with Gasteiger partial charge in [-0.05, 0) is 18.1 Å². The standard InChI is InChI=1S/C14H21NO2/c1-3-11(2)10-15-12-5-6-13-14(9-12)17-8-4-7-16-13/h5-6,9,11,15H,3-4,7-8,10H2,1-2H3. The van der Waals surface area contributed by atoms with Crippen molar-refractivity contribution in [3.63, 3.8) is 0 Å². The number of ether oxygens (including phenoxy) is 2. The summed E-state index contributed by atoms with van der Waals surface area (Å²) in [5.41, 5.74) is 1.11. The molecule has 17 heavy (non-hydrogen) atoms. The molecule has 0 fully saturated rings. The van der Waals surface area contributed by atoms with Crippen molar-refractivity contribution in [2.45, 2.75) is 26.7 Å². The summed E-state index contributed by atoms with van der Waals surface area (Å²) in [6, 6.07) is 6.07. The van der Waals surface area contributed by atoms with Gasteiger partial charge in [-0.2, -0.15) is 0 Å². The first-order chi connectivity index (χ1) is 8.29. The second-order valence-corrected chi connectivity index (χ2v) is 4.61. The van der Waals surface area contributed by atoms with Crippen LogP contribution >= 0.6 is 0 Å². The van der Waals surface area contributed by atoms with E-state index in [-0.39, 0.29) is 0 Å². The van der Waals surface area contributed by atoms with Crippen LogP contribution in [0.2, 0.25) is 0 Å². The topological polar surface area (TPSA) is 30.5 Å². The predicted octanol–water partition coefficient (Wildman–Crippen LogP) is 3.31. The van der Waals surface area contributed by atoms with Crippen LogP contribution < -0.4 is 14.8 Å². The Balaban J connectivity index is 2.02. The number of hydrogen-bond donors (Lipinski definition) is 1. The van der Waals surface area contributed by atoms with Crippen molar-refractivity contribution in [2.75, 3.05) is 25.1 Å².